The van der Waals surface area contributed by atoms with E-state index in [1.54, 1.807) is 42.9 Å². The van der Waals surface area contributed by atoms with Gasteiger partial charge in [-0.1, -0.05) is 36.4 Å². The van der Waals surface area contributed by atoms with Crippen molar-refractivity contribution in [1.29, 1.82) is 0 Å². The predicted octanol–water partition coefficient (Wildman–Crippen LogP) is 2.89. The number of carboxylic acids is 1. The molecule has 1 aromatic heterocycles. The molecule has 7 heteroatoms. The Morgan fingerprint density at radius 3 is 2.57 bits per heavy atom. The molecule has 3 aromatic rings. The van der Waals surface area contributed by atoms with E-state index in [4.69, 9.17) is 0 Å². The van der Waals surface area contributed by atoms with Crippen LogP contribution in [0.4, 0.5) is 11.5 Å². The fourth-order valence-corrected chi connectivity index (χ4v) is 2.71. The Morgan fingerprint density at radius 1 is 1.04 bits per heavy atom. The van der Waals surface area contributed by atoms with Crippen molar-refractivity contribution < 1.29 is 14.7 Å². The highest BCUT2D eigenvalue weighted by molar-refractivity contribution is 5.95. The molecule has 0 radical (unpaired) electrons. The molecular formula is C21H20N4O3. The van der Waals surface area contributed by atoms with Crippen LogP contribution in [0.1, 0.15) is 15.9 Å². The lowest BCUT2D eigenvalue weighted by Crippen LogP contribution is -2.34. The first-order valence-electron chi connectivity index (χ1n) is 8.80. The van der Waals surface area contributed by atoms with E-state index in [1.165, 1.54) is 0 Å². The van der Waals surface area contributed by atoms with Crippen molar-refractivity contribution in [3.05, 3.63) is 84.3 Å². The largest absolute Gasteiger partial charge is 0.481 e. The number of anilines is 2. The van der Waals surface area contributed by atoms with Gasteiger partial charge in [0.15, 0.2) is 0 Å². The normalized spacial score (nSPS) is 11.4. The molecule has 1 heterocycles. The number of carbonyl (C=O) groups excluding carboxylic acids is 1. The number of rotatable bonds is 8. The van der Waals surface area contributed by atoms with Gasteiger partial charge in [0.05, 0.1) is 12.1 Å². The monoisotopic (exact) mass is 376 g/mol. The standard InChI is InChI=1S/C21H20N4O3/c26-20(24-13-17(21(27)28)11-15-5-2-1-3-6-15)16-7-4-8-18(12-16)25-19-14-22-9-10-23-19/h1-10,12,14,17H,11,13H2,(H,23,25)(H,24,26)(H,27,28). The number of hydrogen-bond acceptors (Lipinski definition) is 5. The lowest BCUT2D eigenvalue weighted by molar-refractivity contribution is -0.141. The maximum absolute atomic E-state index is 12.5. The average molecular weight is 376 g/mol. The number of hydrogen-bond donors (Lipinski definition) is 3. The van der Waals surface area contributed by atoms with Gasteiger partial charge in [0.1, 0.15) is 5.82 Å². The Hall–Kier alpha value is -3.74. The fourth-order valence-electron chi connectivity index (χ4n) is 2.71. The van der Waals surface area contributed by atoms with Crippen LogP contribution in [0, 0.1) is 5.92 Å². The van der Waals surface area contributed by atoms with Crippen LogP contribution < -0.4 is 10.6 Å². The van der Waals surface area contributed by atoms with Crippen molar-refractivity contribution in [2.45, 2.75) is 6.42 Å². The smallest absolute Gasteiger partial charge is 0.308 e. The molecule has 1 amide bonds. The van der Waals surface area contributed by atoms with Crippen LogP contribution in [-0.2, 0) is 11.2 Å². The Morgan fingerprint density at radius 2 is 1.86 bits per heavy atom. The van der Waals surface area contributed by atoms with Gasteiger partial charge in [-0.2, -0.15) is 0 Å². The summed E-state index contributed by atoms with van der Waals surface area (Å²) in [5.74, 6) is -1.41. The van der Waals surface area contributed by atoms with Crippen molar-refractivity contribution >= 4 is 23.4 Å². The van der Waals surface area contributed by atoms with Crippen LogP contribution in [0.3, 0.4) is 0 Å². The summed E-state index contributed by atoms with van der Waals surface area (Å²) in [4.78, 5) is 32.1. The summed E-state index contributed by atoms with van der Waals surface area (Å²) in [6.45, 7) is 0.0465. The minimum atomic E-state index is -0.942. The van der Waals surface area contributed by atoms with Crippen molar-refractivity contribution in [2.75, 3.05) is 11.9 Å². The molecule has 0 saturated heterocycles. The zero-order chi connectivity index (χ0) is 19.8. The van der Waals surface area contributed by atoms with Gasteiger partial charge in [0, 0.05) is 30.2 Å². The van der Waals surface area contributed by atoms with Gasteiger partial charge in [-0.15, -0.1) is 0 Å². The zero-order valence-electron chi connectivity index (χ0n) is 15.1. The number of amides is 1. The van der Waals surface area contributed by atoms with E-state index in [1.807, 2.05) is 30.3 Å². The van der Waals surface area contributed by atoms with E-state index >= 15 is 0 Å². The second kappa shape index (κ2) is 9.27. The van der Waals surface area contributed by atoms with Crippen LogP contribution in [0.15, 0.2) is 73.2 Å². The number of nitrogens with one attached hydrogen (secondary N) is 2. The van der Waals surface area contributed by atoms with Crippen molar-refractivity contribution in [3.63, 3.8) is 0 Å². The molecule has 0 fully saturated rings. The molecule has 0 aliphatic rings. The van der Waals surface area contributed by atoms with Crippen LogP contribution >= 0.6 is 0 Å². The van der Waals surface area contributed by atoms with Crippen molar-refractivity contribution in [1.82, 2.24) is 15.3 Å². The van der Waals surface area contributed by atoms with Gasteiger partial charge in [-0.3, -0.25) is 14.6 Å². The average Bonchev–Trinajstić information content (AvgIpc) is 2.72. The molecule has 28 heavy (non-hydrogen) atoms. The highest BCUT2D eigenvalue weighted by atomic mass is 16.4. The maximum atomic E-state index is 12.5. The number of nitrogens with zero attached hydrogens (tertiary/aromatic N) is 2. The zero-order valence-corrected chi connectivity index (χ0v) is 15.1. The van der Waals surface area contributed by atoms with Gasteiger partial charge in [0.25, 0.3) is 5.91 Å². The Bertz CT molecular complexity index is 933. The van der Waals surface area contributed by atoms with Crippen LogP contribution in [0.25, 0.3) is 0 Å². The first-order valence-corrected chi connectivity index (χ1v) is 8.80. The van der Waals surface area contributed by atoms with Crippen LogP contribution in [-0.4, -0.2) is 33.5 Å². The summed E-state index contributed by atoms with van der Waals surface area (Å²) in [6, 6.07) is 16.3. The molecule has 3 rings (SSSR count). The molecule has 3 N–H and O–H groups in total. The third-order valence-corrected chi connectivity index (χ3v) is 4.14. The second-order valence-electron chi connectivity index (χ2n) is 6.23. The number of aromatic nitrogens is 2. The number of carbonyl (C=O) groups is 2. The molecule has 142 valence electrons. The first-order chi connectivity index (χ1) is 13.6. The van der Waals surface area contributed by atoms with E-state index in [0.717, 1.165) is 5.56 Å². The molecule has 1 atom stereocenters. The summed E-state index contributed by atoms with van der Waals surface area (Å²) in [6.07, 6.45) is 5.07. The predicted molar refractivity (Wildman–Crippen MR) is 105 cm³/mol. The molecule has 0 aliphatic carbocycles. The first kappa shape index (κ1) is 19.0. The Balaban J connectivity index is 1.62. The van der Waals surface area contributed by atoms with Crippen LogP contribution in [0.5, 0.6) is 0 Å². The third kappa shape index (κ3) is 5.38. The van der Waals surface area contributed by atoms with Gasteiger partial charge in [-0.25, -0.2) is 4.98 Å². The van der Waals surface area contributed by atoms with E-state index in [9.17, 15) is 14.7 Å². The molecule has 7 nitrogen and oxygen atoms in total. The fraction of sp³-hybridized carbons (Fsp3) is 0.143. The summed E-state index contributed by atoms with van der Waals surface area (Å²) in [5.41, 5.74) is 2.03. The maximum Gasteiger partial charge on any atom is 0.308 e. The highest BCUT2D eigenvalue weighted by Crippen LogP contribution is 2.15. The van der Waals surface area contributed by atoms with Gasteiger partial charge in [0.2, 0.25) is 0 Å². The van der Waals surface area contributed by atoms with Gasteiger partial charge >= 0.3 is 5.97 Å². The van der Waals surface area contributed by atoms with Crippen molar-refractivity contribution in [3.8, 4) is 0 Å². The minimum Gasteiger partial charge on any atom is -0.481 e. The summed E-state index contributed by atoms with van der Waals surface area (Å²) in [7, 11) is 0. The van der Waals surface area contributed by atoms with E-state index in [0.29, 0.717) is 23.5 Å². The molecule has 2 aromatic carbocycles. The molecular weight excluding hydrogens is 356 g/mol. The topological polar surface area (TPSA) is 104 Å². The summed E-state index contributed by atoms with van der Waals surface area (Å²) >= 11 is 0. The molecule has 0 aliphatic heterocycles. The summed E-state index contributed by atoms with van der Waals surface area (Å²) < 4.78 is 0. The summed E-state index contributed by atoms with van der Waals surface area (Å²) in [5, 5.41) is 15.2. The Labute approximate surface area is 162 Å². The SMILES string of the molecule is O=C(NCC(Cc1ccccc1)C(=O)O)c1cccc(Nc2cnccn2)c1. The van der Waals surface area contributed by atoms with E-state index in [-0.39, 0.29) is 12.5 Å². The molecule has 0 bridgehead atoms. The van der Waals surface area contributed by atoms with Gasteiger partial charge < -0.3 is 15.7 Å². The Kier molecular flexibility index (Phi) is 6.30. The lowest BCUT2D eigenvalue weighted by atomic mass is 9.99. The third-order valence-electron chi connectivity index (χ3n) is 4.14. The molecule has 0 spiro atoms. The number of aliphatic carboxylic acids is 1. The lowest BCUT2D eigenvalue weighted by Gasteiger charge is -2.14. The van der Waals surface area contributed by atoms with E-state index < -0.39 is 11.9 Å². The van der Waals surface area contributed by atoms with Crippen LogP contribution in [0.2, 0.25) is 0 Å². The van der Waals surface area contributed by atoms with Crippen molar-refractivity contribution in [2.24, 2.45) is 5.92 Å². The molecule has 1 unspecified atom stereocenters. The number of carboxylic acid groups (broad SMARTS) is 1. The number of benzene rings is 2. The van der Waals surface area contributed by atoms with E-state index in [2.05, 4.69) is 20.6 Å². The highest BCUT2D eigenvalue weighted by Gasteiger charge is 2.19. The van der Waals surface area contributed by atoms with Gasteiger partial charge in [-0.05, 0) is 30.2 Å². The molecule has 0 saturated carbocycles. The second-order valence-corrected chi connectivity index (χ2v) is 6.23. The minimum absolute atomic E-state index is 0.0465. The quantitative estimate of drug-likeness (QED) is 0.558.